The maximum atomic E-state index is 12.6. The van der Waals surface area contributed by atoms with Crippen molar-refractivity contribution in [1.29, 1.82) is 0 Å². The van der Waals surface area contributed by atoms with Crippen LogP contribution in [0, 0.1) is 0 Å². The predicted molar refractivity (Wildman–Crippen MR) is 86.4 cm³/mol. The molecule has 0 unspecified atom stereocenters. The van der Waals surface area contributed by atoms with E-state index in [4.69, 9.17) is 14.6 Å². The lowest BCUT2D eigenvalue weighted by molar-refractivity contribution is 0.0739. The smallest absolute Gasteiger partial charge is 0.336 e. The highest BCUT2D eigenvalue weighted by Gasteiger charge is 2.16. The van der Waals surface area contributed by atoms with Crippen molar-refractivity contribution in [2.45, 2.75) is 19.3 Å². The molecule has 0 aliphatic heterocycles. The molecule has 6 heteroatoms. The van der Waals surface area contributed by atoms with Gasteiger partial charge in [0, 0.05) is 43.3 Å². The molecule has 0 saturated heterocycles. The number of aliphatic hydroxyl groups excluding tert-OH is 2. The SMILES string of the molecule is O=C(c1ccc2ccc(=O)oc2c1)N(CCCO)CCCCO. The molecule has 1 amide bonds. The first-order chi connectivity index (χ1) is 11.2. The number of benzene rings is 1. The lowest BCUT2D eigenvalue weighted by Crippen LogP contribution is -2.33. The van der Waals surface area contributed by atoms with Gasteiger partial charge in [-0.15, -0.1) is 0 Å². The largest absolute Gasteiger partial charge is 0.423 e. The third-order valence-electron chi connectivity index (χ3n) is 3.58. The van der Waals surface area contributed by atoms with E-state index in [0.29, 0.717) is 43.5 Å². The van der Waals surface area contributed by atoms with Crippen molar-refractivity contribution in [3.05, 3.63) is 46.3 Å². The van der Waals surface area contributed by atoms with E-state index in [0.717, 1.165) is 5.39 Å². The maximum absolute atomic E-state index is 12.6. The van der Waals surface area contributed by atoms with E-state index in [-0.39, 0.29) is 19.1 Å². The number of carbonyl (C=O) groups is 1. The summed E-state index contributed by atoms with van der Waals surface area (Å²) in [6.45, 7) is 1.05. The Bertz CT molecular complexity index is 709. The third kappa shape index (κ3) is 4.64. The van der Waals surface area contributed by atoms with E-state index >= 15 is 0 Å². The molecule has 1 aromatic heterocycles. The van der Waals surface area contributed by atoms with Gasteiger partial charge in [-0.1, -0.05) is 6.07 Å². The first kappa shape index (κ1) is 17.2. The van der Waals surface area contributed by atoms with Gasteiger partial charge in [0.15, 0.2) is 0 Å². The summed E-state index contributed by atoms with van der Waals surface area (Å²) >= 11 is 0. The second-order valence-electron chi connectivity index (χ2n) is 5.31. The molecule has 0 aliphatic carbocycles. The summed E-state index contributed by atoms with van der Waals surface area (Å²) in [7, 11) is 0. The van der Waals surface area contributed by atoms with Crippen molar-refractivity contribution in [2.75, 3.05) is 26.3 Å². The molecule has 1 heterocycles. The van der Waals surface area contributed by atoms with Crippen LogP contribution in [0.5, 0.6) is 0 Å². The molecule has 1 aromatic carbocycles. The van der Waals surface area contributed by atoms with Crippen LogP contribution < -0.4 is 5.63 Å². The minimum Gasteiger partial charge on any atom is -0.423 e. The number of fused-ring (bicyclic) bond motifs is 1. The van der Waals surface area contributed by atoms with Gasteiger partial charge >= 0.3 is 5.63 Å². The van der Waals surface area contributed by atoms with Crippen molar-refractivity contribution >= 4 is 16.9 Å². The van der Waals surface area contributed by atoms with E-state index in [2.05, 4.69) is 0 Å². The van der Waals surface area contributed by atoms with E-state index in [1.165, 1.54) is 6.07 Å². The van der Waals surface area contributed by atoms with Crippen LogP contribution >= 0.6 is 0 Å². The highest BCUT2D eigenvalue weighted by molar-refractivity contribution is 5.97. The normalized spacial score (nSPS) is 10.9. The van der Waals surface area contributed by atoms with Crippen LogP contribution in [0.15, 0.2) is 39.5 Å². The molecule has 0 aliphatic rings. The molecule has 6 nitrogen and oxygen atoms in total. The molecular weight excluding hydrogens is 298 g/mol. The Labute approximate surface area is 134 Å². The van der Waals surface area contributed by atoms with Gasteiger partial charge in [0.1, 0.15) is 5.58 Å². The minimum atomic E-state index is -0.456. The Morgan fingerprint density at radius 2 is 1.70 bits per heavy atom. The van der Waals surface area contributed by atoms with Crippen molar-refractivity contribution in [1.82, 2.24) is 4.90 Å². The fourth-order valence-electron chi connectivity index (χ4n) is 2.37. The van der Waals surface area contributed by atoms with Gasteiger partial charge < -0.3 is 19.5 Å². The Balaban J connectivity index is 2.21. The zero-order valence-corrected chi connectivity index (χ0v) is 12.9. The van der Waals surface area contributed by atoms with Crippen LogP contribution in [0.2, 0.25) is 0 Å². The van der Waals surface area contributed by atoms with E-state index in [9.17, 15) is 9.59 Å². The van der Waals surface area contributed by atoms with Crippen LogP contribution in [0.1, 0.15) is 29.6 Å². The second kappa shape index (κ2) is 8.45. The monoisotopic (exact) mass is 319 g/mol. The molecule has 0 saturated carbocycles. The average molecular weight is 319 g/mol. The van der Waals surface area contributed by atoms with Gasteiger partial charge in [-0.05, 0) is 37.5 Å². The topological polar surface area (TPSA) is 91.0 Å². The van der Waals surface area contributed by atoms with Gasteiger partial charge in [-0.2, -0.15) is 0 Å². The lowest BCUT2D eigenvalue weighted by atomic mass is 10.1. The Morgan fingerprint density at radius 3 is 2.43 bits per heavy atom. The third-order valence-corrected chi connectivity index (χ3v) is 3.58. The summed E-state index contributed by atoms with van der Waals surface area (Å²) in [4.78, 5) is 25.6. The highest BCUT2D eigenvalue weighted by Crippen LogP contribution is 2.16. The molecule has 0 radical (unpaired) electrons. The standard InChI is InChI=1S/C17H21NO5/c19-10-2-1-8-18(9-3-11-20)17(22)14-5-4-13-6-7-16(21)23-15(13)12-14/h4-7,12,19-20H,1-3,8-11H2. The second-order valence-corrected chi connectivity index (χ2v) is 5.31. The van der Waals surface area contributed by atoms with E-state index < -0.39 is 5.63 Å². The van der Waals surface area contributed by atoms with Crippen molar-refractivity contribution < 1.29 is 19.4 Å². The highest BCUT2D eigenvalue weighted by atomic mass is 16.4. The zero-order valence-electron chi connectivity index (χ0n) is 12.9. The van der Waals surface area contributed by atoms with Gasteiger partial charge in [-0.25, -0.2) is 4.79 Å². The first-order valence-corrected chi connectivity index (χ1v) is 7.70. The van der Waals surface area contributed by atoms with Crippen LogP contribution in [0.4, 0.5) is 0 Å². The van der Waals surface area contributed by atoms with Crippen LogP contribution in [0.25, 0.3) is 11.0 Å². The molecular formula is C17H21NO5. The number of unbranched alkanes of at least 4 members (excludes halogenated alkanes) is 1. The predicted octanol–water partition coefficient (Wildman–Crippen LogP) is 1.39. The van der Waals surface area contributed by atoms with E-state index in [1.807, 2.05) is 0 Å². The van der Waals surface area contributed by atoms with Crippen LogP contribution in [0.3, 0.4) is 0 Å². The average Bonchev–Trinajstić information content (AvgIpc) is 2.56. The molecule has 0 atom stereocenters. The molecule has 124 valence electrons. The van der Waals surface area contributed by atoms with Gasteiger partial charge in [0.2, 0.25) is 0 Å². The summed E-state index contributed by atoms with van der Waals surface area (Å²) in [5.74, 6) is -0.176. The van der Waals surface area contributed by atoms with Crippen molar-refractivity contribution in [3.63, 3.8) is 0 Å². The summed E-state index contributed by atoms with van der Waals surface area (Å²) in [5, 5.41) is 18.6. The Hall–Kier alpha value is -2.18. The maximum Gasteiger partial charge on any atom is 0.336 e. The molecule has 23 heavy (non-hydrogen) atoms. The Kier molecular flexibility index (Phi) is 6.31. The first-order valence-electron chi connectivity index (χ1n) is 7.70. The number of amides is 1. The molecule has 2 N–H and O–H groups in total. The number of hydrogen-bond donors (Lipinski definition) is 2. The minimum absolute atomic E-state index is 0.0103. The van der Waals surface area contributed by atoms with Crippen LogP contribution in [-0.2, 0) is 0 Å². The van der Waals surface area contributed by atoms with Crippen LogP contribution in [-0.4, -0.2) is 47.3 Å². The summed E-state index contributed by atoms with van der Waals surface area (Å²) < 4.78 is 5.11. The Morgan fingerprint density at radius 1 is 1.00 bits per heavy atom. The number of rotatable bonds is 8. The van der Waals surface area contributed by atoms with Gasteiger partial charge in [0.25, 0.3) is 5.91 Å². The molecule has 2 rings (SSSR count). The molecule has 2 aromatic rings. The van der Waals surface area contributed by atoms with E-state index in [1.54, 1.807) is 29.2 Å². The fourth-order valence-corrected chi connectivity index (χ4v) is 2.37. The zero-order chi connectivity index (χ0) is 16.7. The number of carbonyl (C=O) groups excluding carboxylic acids is 1. The summed E-state index contributed by atoms with van der Waals surface area (Å²) in [5.41, 5.74) is 0.358. The number of nitrogens with zero attached hydrogens (tertiary/aromatic N) is 1. The van der Waals surface area contributed by atoms with Crippen molar-refractivity contribution in [2.24, 2.45) is 0 Å². The van der Waals surface area contributed by atoms with Gasteiger partial charge in [-0.3, -0.25) is 4.79 Å². The van der Waals surface area contributed by atoms with Crippen molar-refractivity contribution in [3.8, 4) is 0 Å². The summed E-state index contributed by atoms with van der Waals surface area (Å²) in [6, 6.07) is 8.00. The quantitative estimate of drug-likeness (QED) is 0.567. The molecule has 0 bridgehead atoms. The number of aliphatic hydroxyl groups is 2. The molecule has 0 fully saturated rings. The molecule has 0 spiro atoms. The number of hydrogen-bond acceptors (Lipinski definition) is 5. The fraction of sp³-hybridized carbons (Fsp3) is 0.412. The summed E-state index contributed by atoms with van der Waals surface area (Å²) in [6.07, 6.45) is 1.80. The van der Waals surface area contributed by atoms with Gasteiger partial charge in [0.05, 0.1) is 0 Å². The lowest BCUT2D eigenvalue weighted by Gasteiger charge is -2.22.